The van der Waals surface area contributed by atoms with E-state index in [2.05, 4.69) is 9.55 Å². The van der Waals surface area contributed by atoms with Crippen molar-refractivity contribution in [3.8, 4) is 0 Å². The molecule has 0 aromatic carbocycles. The third-order valence-electron chi connectivity index (χ3n) is 4.07. The van der Waals surface area contributed by atoms with Gasteiger partial charge in [-0.3, -0.25) is 0 Å². The van der Waals surface area contributed by atoms with Crippen molar-refractivity contribution in [1.29, 1.82) is 0 Å². The second-order valence-corrected chi connectivity index (χ2v) is 5.60. The van der Waals surface area contributed by atoms with Crippen molar-refractivity contribution < 1.29 is 0 Å². The van der Waals surface area contributed by atoms with Crippen LogP contribution >= 0.6 is 0 Å². The van der Waals surface area contributed by atoms with Gasteiger partial charge in [0.2, 0.25) is 0 Å². The van der Waals surface area contributed by atoms with Crippen LogP contribution in [0.4, 0.5) is 0 Å². The minimum absolute atomic E-state index is 0.0987. The van der Waals surface area contributed by atoms with Crippen molar-refractivity contribution >= 4 is 0 Å². The van der Waals surface area contributed by atoms with Gasteiger partial charge >= 0.3 is 0 Å². The topological polar surface area (TPSA) is 43.8 Å². The molecule has 2 aliphatic carbocycles. The molecule has 2 fully saturated rings. The highest BCUT2D eigenvalue weighted by molar-refractivity contribution is 5.04. The smallest absolute Gasteiger partial charge is 0.0948 e. The molecule has 0 spiro atoms. The van der Waals surface area contributed by atoms with Crippen LogP contribution in [0.25, 0.3) is 0 Å². The van der Waals surface area contributed by atoms with Crippen LogP contribution in [-0.2, 0) is 6.54 Å². The molecule has 0 amide bonds. The molecule has 1 aromatic heterocycles. The number of aromatic nitrogens is 2. The van der Waals surface area contributed by atoms with E-state index in [1.54, 1.807) is 0 Å². The summed E-state index contributed by atoms with van der Waals surface area (Å²) in [7, 11) is 0. The van der Waals surface area contributed by atoms with Crippen LogP contribution in [0.3, 0.4) is 0 Å². The van der Waals surface area contributed by atoms with Crippen molar-refractivity contribution in [3.05, 3.63) is 18.2 Å². The minimum atomic E-state index is 0.0987. The third kappa shape index (κ3) is 2.01. The Labute approximate surface area is 97.0 Å². The quantitative estimate of drug-likeness (QED) is 0.826. The van der Waals surface area contributed by atoms with Gasteiger partial charge in [-0.05, 0) is 50.4 Å². The fourth-order valence-electron chi connectivity index (χ4n) is 2.82. The van der Waals surface area contributed by atoms with Crippen molar-refractivity contribution in [1.82, 2.24) is 9.55 Å². The first kappa shape index (κ1) is 10.3. The van der Waals surface area contributed by atoms with E-state index in [1.807, 2.05) is 19.4 Å². The van der Waals surface area contributed by atoms with Gasteiger partial charge in [0.05, 0.1) is 12.0 Å². The van der Waals surface area contributed by atoms with Crippen molar-refractivity contribution in [3.63, 3.8) is 0 Å². The van der Waals surface area contributed by atoms with Crippen LogP contribution in [0.1, 0.15) is 44.3 Å². The summed E-state index contributed by atoms with van der Waals surface area (Å²) in [6.45, 7) is 3.18. The third-order valence-corrected chi connectivity index (χ3v) is 4.07. The highest BCUT2D eigenvalue weighted by atomic mass is 15.1. The lowest BCUT2D eigenvalue weighted by atomic mass is 9.97. The molecule has 0 saturated heterocycles. The van der Waals surface area contributed by atoms with Gasteiger partial charge in [0.1, 0.15) is 0 Å². The van der Waals surface area contributed by atoms with E-state index in [1.165, 1.54) is 31.4 Å². The minimum Gasteiger partial charge on any atom is -0.333 e. The molecule has 0 radical (unpaired) electrons. The number of nitrogens with zero attached hydrogens (tertiary/aromatic N) is 2. The number of nitrogens with two attached hydrogens (primary N) is 1. The van der Waals surface area contributed by atoms with Crippen molar-refractivity contribution in [2.45, 2.75) is 45.2 Å². The van der Waals surface area contributed by atoms with E-state index in [4.69, 9.17) is 5.73 Å². The van der Waals surface area contributed by atoms with E-state index < -0.39 is 0 Å². The predicted molar refractivity (Wildman–Crippen MR) is 63.8 cm³/mol. The van der Waals surface area contributed by atoms with Crippen LogP contribution in [-0.4, -0.2) is 9.55 Å². The summed E-state index contributed by atoms with van der Waals surface area (Å²) < 4.78 is 2.28. The molecular formula is C13H21N3. The Kier molecular flexibility index (Phi) is 2.51. The average Bonchev–Trinajstić information content (AvgIpc) is 3.14. The summed E-state index contributed by atoms with van der Waals surface area (Å²) in [4.78, 5) is 4.24. The van der Waals surface area contributed by atoms with Gasteiger partial charge in [-0.2, -0.15) is 0 Å². The maximum absolute atomic E-state index is 5.96. The largest absolute Gasteiger partial charge is 0.333 e. The summed E-state index contributed by atoms with van der Waals surface area (Å²) in [6, 6.07) is 0.0987. The SMILES string of the molecule is C[C@@H](N)c1cncn1CC(C1CC1)C1CC1. The number of hydrogen-bond acceptors (Lipinski definition) is 2. The maximum Gasteiger partial charge on any atom is 0.0948 e. The Morgan fingerprint density at radius 3 is 2.50 bits per heavy atom. The molecule has 0 unspecified atom stereocenters. The van der Waals surface area contributed by atoms with Gasteiger partial charge in [0, 0.05) is 18.8 Å². The van der Waals surface area contributed by atoms with Crippen molar-refractivity contribution in [2.24, 2.45) is 23.5 Å². The van der Waals surface area contributed by atoms with E-state index in [9.17, 15) is 0 Å². The molecule has 0 bridgehead atoms. The molecule has 1 atom stereocenters. The zero-order valence-corrected chi connectivity index (χ0v) is 9.97. The Hall–Kier alpha value is -0.830. The summed E-state index contributed by atoms with van der Waals surface area (Å²) in [5.41, 5.74) is 7.14. The Morgan fingerprint density at radius 1 is 1.38 bits per heavy atom. The van der Waals surface area contributed by atoms with Crippen LogP contribution < -0.4 is 5.73 Å². The van der Waals surface area contributed by atoms with Gasteiger partial charge in [-0.15, -0.1) is 0 Å². The zero-order chi connectivity index (χ0) is 11.1. The fraction of sp³-hybridized carbons (Fsp3) is 0.769. The van der Waals surface area contributed by atoms with Crippen LogP contribution in [0.2, 0.25) is 0 Å². The lowest BCUT2D eigenvalue weighted by Gasteiger charge is -2.19. The highest BCUT2D eigenvalue weighted by Gasteiger charge is 2.41. The van der Waals surface area contributed by atoms with Gasteiger partial charge in [-0.25, -0.2) is 4.98 Å². The fourth-order valence-corrected chi connectivity index (χ4v) is 2.82. The number of rotatable bonds is 5. The summed E-state index contributed by atoms with van der Waals surface area (Å²) in [6.07, 6.45) is 9.66. The lowest BCUT2D eigenvalue weighted by molar-refractivity contribution is 0.342. The molecule has 2 N–H and O–H groups in total. The zero-order valence-electron chi connectivity index (χ0n) is 9.97. The van der Waals surface area contributed by atoms with Crippen molar-refractivity contribution in [2.75, 3.05) is 0 Å². The molecule has 3 rings (SSSR count). The van der Waals surface area contributed by atoms with Crippen LogP contribution in [0.5, 0.6) is 0 Å². The number of hydrogen-bond donors (Lipinski definition) is 1. The standard InChI is InChI=1S/C13H21N3/c1-9(14)13-6-15-8-16(13)7-12(10-2-3-10)11-4-5-11/h6,8-12H,2-5,7,14H2,1H3/t9-/m1/s1. The second kappa shape index (κ2) is 3.88. The van der Waals surface area contributed by atoms with E-state index in [0.29, 0.717) is 0 Å². The maximum atomic E-state index is 5.96. The Bertz CT molecular complexity index is 349. The molecule has 2 aliphatic rings. The highest BCUT2D eigenvalue weighted by Crippen LogP contribution is 2.49. The number of imidazole rings is 1. The first-order chi connectivity index (χ1) is 7.75. The second-order valence-electron chi connectivity index (χ2n) is 5.60. The van der Waals surface area contributed by atoms with Gasteiger partial charge < -0.3 is 10.3 Å². The normalized spacial score (nSPS) is 22.7. The molecule has 3 heteroatoms. The molecular weight excluding hydrogens is 198 g/mol. The molecule has 1 heterocycles. The molecule has 16 heavy (non-hydrogen) atoms. The molecule has 0 aliphatic heterocycles. The van der Waals surface area contributed by atoms with E-state index in [0.717, 1.165) is 24.3 Å². The van der Waals surface area contributed by atoms with Gasteiger partial charge in [0.15, 0.2) is 0 Å². The predicted octanol–water partition coefficient (Wildman–Crippen LogP) is 2.34. The summed E-state index contributed by atoms with van der Waals surface area (Å²) in [5.74, 6) is 2.89. The monoisotopic (exact) mass is 219 g/mol. The van der Waals surface area contributed by atoms with E-state index >= 15 is 0 Å². The molecule has 1 aromatic rings. The van der Waals surface area contributed by atoms with Crippen LogP contribution in [0, 0.1) is 17.8 Å². The van der Waals surface area contributed by atoms with Gasteiger partial charge in [-0.1, -0.05) is 0 Å². The lowest BCUT2D eigenvalue weighted by Crippen LogP contribution is -2.19. The first-order valence-electron chi connectivity index (χ1n) is 6.51. The molecule has 3 nitrogen and oxygen atoms in total. The van der Waals surface area contributed by atoms with Gasteiger partial charge in [0.25, 0.3) is 0 Å². The average molecular weight is 219 g/mol. The van der Waals surface area contributed by atoms with E-state index in [-0.39, 0.29) is 6.04 Å². The summed E-state index contributed by atoms with van der Waals surface area (Å²) >= 11 is 0. The Morgan fingerprint density at radius 2 is 2.00 bits per heavy atom. The van der Waals surface area contributed by atoms with Crippen LogP contribution in [0.15, 0.2) is 12.5 Å². The molecule has 2 saturated carbocycles. The first-order valence-corrected chi connectivity index (χ1v) is 6.51. The Balaban J connectivity index is 1.73. The molecule has 88 valence electrons. The summed E-state index contributed by atoms with van der Waals surface area (Å²) in [5, 5.41) is 0.